The summed E-state index contributed by atoms with van der Waals surface area (Å²) in [6.45, 7) is 3.89. The molecule has 1 heteroatoms. The van der Waals surface area contributed by atoms with Gasteiger partial charge in [-0.25, -0.2) is 0 Å². The molecule has 3 rings (SSSR count). The van der Waals surface area contributed by atoms with Crippen LogP contribution in [0.5, 0.6) is 5.75 Å². The van der Waals surface area contributed by atoms with Gasteiger partial charge in [0.25, 0.3) is 0 Å². The van der Waals surface area contributed by atoms with Gasteiger partial charge < -0.3 is 5.11 Å². The molecule has 120 valence electrons. The van der Waals surface area contributed by atoms with E-state index in [2.05, 4.69) is 24.8 Å². The number of allylic oxidation sites excluding steroid dienone is 1. The summed E-state index contributed by atoms with van der Waals surface area (Å²) in [6.07, 6.45) is 14.6. The molecular formula is C21H30O. The van der Waals surface area contributed by atoms with Gasteiger partial charge in [-0.15, -0.1) is 6.58 Å². The summed E-state index contributed by atoms with van der Waals surface area (Å²) in [4.78, 5) is 0. The lowest BCUT2D eigenvalue weighted by molar-refractivity contribution is 0.160. The van der Waals surface area contributed by atoms with Crippen molar-refractivity contribution < 1.29 is 5.11 Å². The molecule has 2 aliphatic carbocycles. The summed E-state index contributed by atoms with van der Waals surface area (Å²) < 4.78 is 0. The minimum Gasteiger partial charge on any atom is -0.508 e. The van der Waals surface area contributed by atoms with Crippen molar-refractivity contribution in [1.29, 1.82) is 0 Å². The standard InChI is InChI=1S/C21H30O/c1-2-3-16-4-6-17(7-5-16)18-8-10-19(11-9-18)20-12-14-21(22)15-13-20/h2,12-19,22H,1,3-11H2/t16-,17-,18-,19-. The van der Waals surface area contributed by atoms with Crippen LogP contribution in [0.3, 0.4) is 0 Å². The second-order valence-corrected chi connectivity index (χ2v) is 7.51. The average Bonchev–Trinajstić information content (AvgIpc) is 2.57. The monoisotopic (exact) mass is 298 g/mol. The van der Waals surface area contributed by atoms with E-state index in [9.17, 15) is 5.11 Å². The molecule has 0 radical (unpaired) electrons. The first-order chi connectivity index (χ1) is 10.8. The van der Waals surface area contributed by atoms with E-state index in [0.29, 0.717) is 11.7 Å². The molecule has 0 saturated heterocycles. The molecule has 0 spiro atoms. The van der Waals surface area contributed by atoms with Gasteiger partial charge in [0.2, 0.25) is 0 Å². The Bertz CT molecular complexity index is 459. The van der Waals surface area contributed by atoms with Crippen LogP contribution in [0.4, 0.5) is 0 Å². The van der Waals surface area contributed by atoms with E-state index in [0.717, 1.165) is 17.8 Å². The van der Waals surface area contributed by atoms with E-state index >= 15 is 0 Å². The Morgan fingerprint density at radius 2 is 1.41 bits per heavy atom. The smallest absolute Gasteiger partial charge is 0.115 e. The van der Waals surface area contributed by atoms with Crippen LogP contribution in [0, 0.1) is 17.8 Å². The van der Waals surface area contributed by atoms with Crippen molar-refractivity contribution in [1.82, 2.24) is 0 Å². The van der Waals surface area contributed by atoms with Crippen LogP contribution in [0.1, 0.15) is 69.3 Å². The van der Waals surface area contributed by atoms with Crippen molar-refractivity contribution in [2.75, 3.05) is 0 Å². The third-order valence-corrected chi connectivity index (χ3v) is 6.19. The van der Waals surface area contributed by atoms with E-state index in [4.69, 9.17) is 0 Å². The normalized spacial score (nSPS) is 32.5. The minimum atomic E-state index is 0.383. The van der Waals surface area contributed by atoms with E-state index < -0.39 is 0 Å². The molecular weight excluding hydrogens is 268 g/mol. The Morgan fingerprint density at radius 1 is 0.864 bits per heavy atom. The van der Waals surface area contributed by atoms with Crippen molar-refractivity contribution in [3.05, 3.63) is 42.5 Å². The van der Waals surface area contributed by atoms with E-state index in [1.165, 1.54) is 63.4 Å². The van der Waals surface area contributed by atoms with Gasteiger partial charge in [-0.05, 0) is 99.2 Å². The van der Waals surface area contributed by atoms with Crippen molar-refractivity contribution in [2.24, 2.45) is 17.8 Å². The van der Waals surface area contributed by atoms with Crippen LogP contribution < -0.4 is 0 Å². The molecule has 0 aliphatic heterocycles. The highest BCUT2D eigenvalue weighted by molar-refractivity contribution is 5.28. The number of phenols is 1. The maximum atomic E-state index is 9.42. The lowest BCUT2D eigenvalue weighted by atomic mass is 9.68. The number of phenolic OH excluding ortho intramolecular Hbond substituents is 1. The molecule has 0 amide bonds. The molecule has 0 aromatic heterocycles. The Morgan fingerprint density at radius 3 is 1.95 bits per heavy atom. The molecule has 22 heavy (non-hydrogen) atoms. The van der Waals surface area contributed by atoms with Crippen molar-refractivity contribution in [3.8, 4) is 5.75 Å². The molecule has 0 bridgehead atoms. The van der Waals surface area contributed by atoms with Crippen LogP contribution in [-0.4, -0.2) is 5.11 Å². The first-order valence-corrected chi connectivity index (χ1v) is 9.16. The molecule has 2 fully saturated rings. The lowest BCUT2D eigenvalue weighted by Gasteiger charge is -2.38. The van der Waals surface area contributed by atoms with Gasteiger partial charge in [0, 0.05) is 0 Å². The molecule has 0 atom stereocenters. The molecule has 1 aromatic carbocycles. The van der Waals surface area contributed by atoms with E-state index in [1.807, 2.05) is 12.1 Å². The fourth-order valence-electron chi connectivity index (χ4n) is 4.80. The summed E-state index contributed by atoms with van der Waals surface area (Å²) in [5.41, 5.74) is 1.42. The predicted octanol–water partition coefficient (Wildman–Crippen LogP) is 6.05. The van der Waals surface area contributed by atoms with E-state index in [-0.39, 0.29) is 0 Å². The van der Waals surface area contributed by atoms with Gasteiger partial charge in [-0.1, -0.05) is 18.2 Å². The SMILES string of the molecule is C=CC[C@H]1CC[C@H]([C@H]2CC[C@H](c3ccc(O)cc3)CC2)CC1. The van der Waals surface area contributed by atoms with Crippen molar-refractivity contribution in [3.63, 3.8) is 0 Å². The molecule has 1 nitrogen and oxygen atoms in total. The molecule has 1 N–H and O–H groups in total. The van der Waals surface area contributed by atoms with Crippen LogP contribution in [0.2, 0.25) is 0 Å². The molecule has 2 aliphatic rings. The summed E-state index contributed by atoms with van der Waals surface area (Å²) in [6, 6.07) is 7.90. The highest BCUT2D eigenvalue weighted by Gasteiger charge is 2.30. The quantitative estimate of drug-likeness (QED) is 0.671. The third-order valence-electron chi connectivity index (χ3n) is 6.19. The summed E-state index contributed by atoms with van der Waals surface area (Å²) in [5, 5.41) is 9.42. The maximum Gasteiger partial charge on any atom is 0.115 e. The summed E-state index contributed by atoms with van der Waals surface area (Å²) in [7, 11) is 0. The summed E-state index contributed by atoms with van der Waals surface area (Å²) >= 11 is 0. The van der Waals surface area contributed by atoms with Crippen molar-refractivity contribution >= 4 is 0 Å². The van der Waals surface area contributed by atoms with Gasteiger partial charge in [0.15, 0.2) is 0 Å². The third kappa shape index (κ3) is 3.74. The Balaban J connectivity index is 1.48. The number of aromatic hydroxyl groups is 1. The highest BCUT2D eigenvalue weighted by atomic mass is 16.3. The number of hydrogen-bond donors (Lipinski definition) is 1. The molecule has 0 unspecified atom stereocenters. The predicted molar refractivity (Wildman–Crippen MR) is 93.1 cm³/mol. The largest absolute Gasteiger partial charge is 0.508 e. The fourth-order valence-corrected chi connectivity index (χ4v) is 4.80. The van der Waals surface area contributed by atoms with Crippen LogP contribution in [0.15, 0.2) is 36.9 Å². The van der Waals surface area contributed by atoms with Crippen LogP contribution in [0.25, 0.3) is 0 Å². The minimum absolute atomic E-state index is 0.383. The van der Waals surface area contributed by atoms with Gasteiger partial charge in [-0.3, -0.25) is 0 Å². The number of rotatable bonds is 4. The fraction of sp³-hybridized carbons (Fsp3) is 0.619. The Labute approximate surface area is 135 Å². The van der Waals surface area contributed by atoms with Crippen LogP contribution >= 0.6 is 0 Å². The van der Waals surface area contributed by atoms with Crippen LogP contribution in [-0.2, 0) is 0 Å². The maximum absolute atomic E-state index is 9.42. The Hall–Kier alpha value is -1.24. The highest BCUT2D eigenvalue weighted by Crippen LogP contribution is 2.44. The summed E-state index contributed by atoms with van der Waals surface area (Å²) in [5.74, 6) is 3.98. The first kappa shape index (κ1) is 15.6. The molecule has 0 heterocycles. The number of hydrogen-bond acceptors (Lipinski definition) is 1. The lowest BCUT2D eigenvalue weighted by Crippen LogP contribution is -2.25. The zero-order valence-electron chi connectivity index (χ0n) is 13.7. The molecule has 2 saturated carbocycles. The zero-order chi connectivity index (χ0) is 15.4. The second-order valence-electron chi connectivity index (χ2n) is 7.51. The van der Waals surface area contributed by atoms with Gasteiger partial charge in [0.1, 0.15) is 5.75 Å². The van der Waals surface area contributed by atoms with E-state index in [1.54, 1.807) is 0 Å². The average molecular weight is 298 g/mol. The molecule has 1 aromatic rings. The van der Waals surface area contributed by atoms with Crippen molar-refractivity contribution in [2.45, 2.75) is 63.7 Å². The van der Waals surface area contributed by atoms with Gasteiger partial charge in [0.05, 0.1) is 0 Å². The van der Waals surface area contributed by atoms with Gasteiger partial charge >= 0.3 is 0 Å². The topological polar surface area (TPSA) is 20.2 Å². The number of benzene rings is 1. The first-order valence-electron chi connectivity index (χ1n) is 9.16. The zero-order valence-corrected chi connectivity index (χ0v) is 13.7. The Kier molecular flexibility index (Phi) is 5.23. The van der Waals surface area contributed by atoms with Gasteiger partial charge in [-0.2, -0.15) is 0 Å². The second kappa shape index (κ2) is 7.35.